The Bertz CT molecular complexity index is 456. The summed E-state index contributed by atoms with van der Waals surface area (Å²) in [6.07, 6.45) is 2.92. The van der Waals surface area contributed by atoms with Crippen molar-refractivity contribution in [2.75, 3.05) is 13.1 Å². The van der Waals surface area contributed by atoms with E-state index in [0.717, 1.165) is 19.3 Å². The van der Waals surface area contributed by atoms with E-state index in [1.54, 1.807) is 11.0 Å². The molecule has 0 bridgehead atoms. The number of hydrogen-bond acceptors (Lipinski definition) is 2. The minimum absolute atomic E-state index is 0. The number of benzene rings is 1. The van der Waals surface area contributed by atoms with E-state index in [1.807, 2.05) is 0 Å². The number of carbonyl (C=O) groups is 1. The number of likely N-dealkylation sites (tertiary alicyclic amines) is 1. The van der Waals surface area contributed by atoms with Crippen molar-refractivity contribution in [3.63, 3.8) is 0 Å². The third kappa shape index (κ3) is 3.38. The first kappa shape index (κ1) is 16.2. The summed E-state index contributed by atoms with van der Waals surface area (Å²) >= 11 is 5.84. The van der Waals surface area contributed by atoms with Gasteiger partial charge in [-0.1, -0.05) is 17.7 Å². The maximum atomic E-state index is 13.4. The molecule has 0 aromatic heterocycles. The van der Waals surface area contributed by atoms with Crippen LogP contribution in [-0.2, 0) is 0 Å². The first-order chi connectivity index (χ1) is 8.65. The Morgan fingerprint density at radius 2 is 2.21 bits per heavy atom. The average Bonchev–Trinajstić information content (AvgIpc) is 2.41. The van der Waals surface area contributed by atoms with Crippen LogP contribution < -0.4 is 5.73 Å². The highest BCUT2D eigenvalue weighted by atomic mass is 35.5. The number of nitrogens with zero attached hydrogens (tertiary/aromatic N) is 1. The van der Waals surface area contributed by atoms with Crippen LogP contribution in [0.3, 0.4) is 0 Å². The maximum absolute atomic E-state index is 13.4. The summed E-state index contributed by atoms with van der Waals surface area (Å²) in [6, 6.07) is 4.33. The lowest BCUT2D eigenvalue weighted by Gasteiger charge is -2.35. The SMILES string of the molecule is Cl.NCC1CCCCN1C(=O)c1cccc(F)c1Cl. The Morgan fingerprint density at radius 1 is 1.47 bits per heavy atom. The second kappa shape index (κ2) is 7.08. The molecule has 2 N–H and O–H groups in total. The van der Waals surface area contributed by atoms with E-state index in [4.69, 9.17) is 17.3 Å². The van der Waals surface area contributed by atoms with Crippen LogP contribution >= 0.6 is 24.0 Å². The van der Waals surface area contributed by atoms with Gasteiger partial charge in [-0.05, 0) is 31.4 Å². The van der Waals surface area contributed by atoms with Gasteiger partial charge in [0.15, 0.2) is 0 Å². The minimum Gasteiger partial charge on any atom is -0.334 e. The molecule has 1 saturated heterocycles. The van der Waals surface area contributed by atoms with Gasteiger partial charge in [0.25, 0.3) is 5.91 Å². The van der Waals surface area contributed by atoms with E-state index < -0.39 is 5.82 Å². The van der Waals surface area contributed by atoms with Gasteiger partial charge >= 0.3 is 0 Å². The fourth-order valence-corrected chi connectivity index (χ4v) is 2.54. The first-order valence-electron chi connectivity index (χ1n) is 6.10. The van der Waals surface area contributed by atoms with E-state index >= 15 is 0 Å². The van der Waals surface area contributed by atoms with E-state index in [-0.39, 0.29) is 34.9 Å². The minimum atomic E-state index is -0.566. The highest BCUT2D eigenvalue weighted by Gasteiger charge is 2.28. The molecule has 1 aliphatic rings. The molecule has 0 saturated carbocycles. The van der Waals surface area contributed by atoms with Crippen molar-refractivity contribution in [1.82, 2.24) is 4.90 Å². The predicted molar refractivity (Wildman–Crippen MR) is 76.4 cm³/mol. The van der Waals surface area contributed by atoms with Gasteiger partial charge in [-0.2, -0.15) is 0 Å². The van der Waals surface area contributed by atoms with Crippen LogP contribution in [0.25, 0.3) is 0 Å². The molecule has 1 atom stereocenters. The van der Waals surface area contributed by atoms with Crippen LogP contribution in [0.15, 0.2) is 18.2 Å². The predicted octanol–water partition coefficient (Wildman–Crippen LogP) is 2.85. The van der Waals surface area contributed by atoms with Crippen LogP contribution in [0.5, 0.6) is 0 Å². The molecule has 0 radical (unpaired) electrons. The Labute approximate surface area is 123 Å². The fourth-order valence-electron chi connectivity index (χ4n) is 2.34. The Morgan fingerprint density at radius 3 is 2.89 bits per heavy atom. The molecule has 1 heterocycles. The van der Waals surface area contributed by atoms with Gasteiger partial charge in [-0.15, -0.1) is 12.4 Å². The van der Waals surface area contributed by atoms with Crippen LogP contribution in [0.4, 0.5) is 4.39 Å². The lowest BCUT2D eigenvalue weighted by molar-refractivity contribution is 0.0623. The van der Waals surface area contributed by atoms with Crippen LogP contribution in [0.2, 0.25) is 5.02 Å². The summed E-state index contributed by atoms with van der Waals surface area (Å²) in [5.74, 6) is -0.793. The highest BCUT2D eigenvalue weighted by Crippen LogP contribution is 2.24. The number of piperidine rings is 1. The molecule has 1 amide bonds. The Hall–Kier alpha value is -0.840. The zero-order chi connectivity index (χ0) is 13.1. The highest BCUT2D eigenvalue weighted by molar-refractivity contribution is 6.34. The quantitative estimate of drug-likeness (QED) is 0.913. The van der Waals surface area contributed by atoms with Gasteiger partial charge in [0.1, 0.15) is 5.82 Å². The van der Waals surface area contributed by atoms with Crippen molar-refractivity contribution in [1.29, 1.82) is 0 Å². The lowest BCUT2D eigenvalue weighted by Crippen LogP contribution is -2.47. The van der Waals surface area contributed by atoms with Gasteiger partial charge in [-0.25, -0.2) is 4.39 Å². The monoisotopic (exact) mass is 306 g/mol. The summed E-state index contributed by atoms with van der Waals surface area (Å²) in [5.41, 5.74) is 5.90. The van der Waals surface area contributed by atoms with Crippen molar-refractivity contribution < 1.29 is 9.18 Å². The van der Waals surface area contributed by atoms with Crippen molar-refractivity contribution in [3.05, 3.63) is 34.6 Å². The van der Waals surface area contributed by atoms with Gasteiger partial charge in [0.2, 0.25) is 0 Å². The number of hydrogen-bond donors (Lipinski definition) is 1. The molecule has 0 aliphatic carbocycles. The van der Waals surface area contributed by atoms with Gasteiger partial charge in [0.05, 0.1) is 10.6 Å². The second-order valence-corrected chi connectivity index (χ2v) is 4.86. The molecule has 1 unspecified atom stereocenters. The fraction of sp³-hybridized carbons (Fsp3) is 0.462. The zero-order valence-corrected chi connectivity index (χ0v) is 12.0. The smallest absolute Gasteiger partial charge is 0.255 e. The molecule has 1 aliphatic heterocycles. The molecule has 19 heavy (non-hydrogen) atoms. The van der Waals surface area contributed by atoms with Gasteiger partial charge in [-0.3, -0.25) is 4.79 Å². The number of rotatable bonds is 2. The summed E-state index contributed by atoms with van der Waals surface area (Å²) in [5, 5.41) is -0.108. The zero-order valence-electron chi connectivity index (χ0n) is 10.4. The molecule has 2 rings (SSSR count). The average molecular weight is 307 g/mol. The summed E-state index contributed by atoms with van der Waals surface area (Å²) in [4.78, 5) is 14.1. The molecular formula is C13H17Cl2FN2O. The number of halogens is 3. The second-order valence-electron chi connectivity index (χ2n) is 4.49. The lowest BCUT2D eigenvalue weighted by atomic mass is 10.0. The number of amides is 1. The summed E-state index contributed by atoms with van der Waals surface area (Å²) in [6.45, 7) is 1.09. The Kier molecular flexibility index (Phi) is 6.04. The topological polar surface area (TPSA) is 46.3 Å². The third-order valence-corrected chi connectivity index (χ3v) is 3.73. The number of carbonyl (C=O) groups excluding carboxylic acids is 1. The van der Waals surface area contributed by atoms with Crippen molar-refractivity contribution >= 4 is 29.9 Å². The van der Waals surface area contributed by atoms with Crippen LogP contribution in [0.1, 0.15) is 29.6 Å². The molecular weight excluding hydrogens is 290 g/mol. The van der Waals surface area contributed by atoms with Crippen LogP contribution in [-0.4, -0.2) is 29.9 Å². The standard InChI is InChI=1S/C13H16ClFN2O.ClH/c14-12-10(5-3-6-11(12)15)13(18)17-7-2-1-4-9(17)8-16;/h3,5-6,9H,1-2,4,7-8,16H2;1H. The third-order valence-electron chi connectivity index (χ3n) is 3.34. The van der Waals surface area contributed by atoms with Gasteiger partial charge in [0, 0.05) is 19.1 Å². The van der Waals surface area contributed by atoms with Gasteiger partial charge < -0.3 is 10.6 Å². The maximum Gasteiger partial charge on any atom is 0.255 e. The largest absolute Gasteiger partial charge is 0.334 e. The molecule has 1 fully saturated rings. The van der Waals surface area contributed by atoms with Crippen molar-refractivity contribution in [2.45, 2.75) is 25.3 Å². The molecule has 3 nitrogen and oxygen atoms in total. The van der Waals surface area contributed by atoms with E-state index in [0.29, 0.717) is 13.1 Å². The van der Waals surface area contributed by atoms with Crippen LogP contribution in [0, 0.1) is 5.82 Å². The van der Waals surface area contributed by atoms with E-state index in [9.17, 15) is 9.18 Å². The molecule has 1 aromatic carbocycles. The Balaban J connectivity index is 0.00000180. The summed E-state index contributed by atoms with van der Waals surface area (Å²) in [7, 11) is 0. The summed E-state index contributed by atoms with van der Waals surface area (Å²) < 4.78 is 13.4. The van der Waals surface area contributed by atoms with Crippen molar-refractivity contribution in [2.24, 2.45) is 5.73 Å². The van der Waals surface area contributed by atoms with Crippen molar-refractivity contribution in [3.8, 4) is 0 Å². The van der Waals surface area contributed by atoms with E-state index in [1.165, 1.54) is 12.1 Å². The molecule has 1 aromatic rings. The molecule has 106 valence electrons. The molecule has 6 heteroatoms. The first-order valence-corrected chi connectivity index (χ1v) is 6.48. The normalized spacial score (nSPS) is 18.9. The number of nitrogens with two attached hydrogens (primary N) is 1. The molecule has 0 spiro atoms. The van der Waals surface area contributed by atoms with E-state index in [2.05, 4.69) is 0 Å².